The van der Waals surface area contributed by atoms with Crippen molar-refractivity contribution >= 4 is 11.7 Å². The number of urea groups is 1. The molecule has 0 fully saturated rings. The van der Waals surface area contributed by atoms with Crippen molar-refractivity contribution in [3.63, 3.8) is 0 Å². The zero-order chi connectivity index (χ0) is 16.5. The summed E-state index contributed by atoms with van der Waals surface area (Å²) < 4.78 is 7.61. The third-order valence-electron chi connectivity index (χ3n) is 3.35. The van der Waals surface area contributed by atoms with Crippen molar-refractivity contribution in [1.29, 1.82) is 0 Å². The Hall–Kier alpha value is -2.50. The summed E-state index contributed by atoms with van der Waals surface area (Å²) in [6.07, 6.45) is 5.53. The van der Waals surface area contributed by atoms with E-state index in [-0.39, 0.29) is 6.03 Å². The van der Waals surface area contributed by atoms with Gasteiger partial charge in [0, 0.05) is 37.2 Å². The van der Waals surface area contributed by atoms with Crippen LogP contribution in [0.2, 0.25) is 0 Å². The monoisotopic (exact) mass is 316 g/mol. The number of nitrogens with zero attached hydrogens (tertiary/aromatic N) is 2. The van der Waals surface area contributed by atoms with Gasteiger partial charge in [-0.2, -0.15) is 0 Å². The van der Waals surface area contributed by atoms with Crippen LogP contribution >= 0.6 is 0 Å². The van der Waals surface area contributed by atoms with Gasteiger partial charge in [-0.05, 0) is 31.9 Å². The van der Waals surface area contributed by atoms with E-state index in [9.17, 15) is 4.79 Å². The molecular weight excluding hydrogens is 292 g/mol. The van der Waals surface area contributed by atoms with Crippen LogP contribution in [0.25, 0.3) is 0 Å². The highest BCUT2D eigenvalue weighted by Gasteiger charge is 2.03. The Morgan fingerprint density at radius 1 is 1.39 bits per heavy atom. The molecule has 1 aromatic carbocycles. The van der Waals surface area contributed by atoms with Gasteiger partial charge in [-0.1, -0.05) is 13.0 Å². The van der Waals surface area contributed by atoms with Crippen LogP contribution in [-0.4, -0.2) is 28.7 Å². The Bertz CT molecular complexity index is 625. The van der Waals surface area contributed by atoms with Crippen molar-refractivity contribution in [2.24, 2.45) is 0 Å². The lowest BCUT2D eigenvalue weighted by molar-refractivity contribution is 0.252. The lowest BCUT2D eigenvalue weighted by atomic mass is 10.3. The molecule has 0 radical (unpaired) electrons. The van der Waals surface area contributed by atoms with Crippen LogP contribution in [0.1, 0.15) is 25.6 Å². The molecule has 2 amide bonds. The predicted molar refractivity (Wildman–Crippen MR) is 90.8 cm³/mol. The molecule has 0 aliphatic heterocycles. The first-order valence-corrected chi connectivity index (χ1v) is 7.94. The van der Waals surface area contributed by atoms with Gasteiger partial charge in [0.1, 0.15) is 11.6 Å². The fourth-order valence-corrected chi connectivity index (χ4v) is 2.15. The highest BCUT2D eigenvalue weighted by atomic mass is 16.5. The standard InChI is InChI=1S/C17H24N4O2/c1-3-12-23-16-7-4-6-15(13-16)20-17(22)19-8-5-10-21-11-9-18-14(21)2/h4,6-7,9,11,13H,3,5,8,10,12H2,1-2H3,(H2,19,20,22). The minimum absolute atomic E-state index is 0.208. The predicted octanol–water partition coefficient (Wildman–Crippen LogP) is 3.19. The molecule has 2 rings (SSSR count). The smallest absolute Gasteiger partial charge is 0.319 e. The van der Waals surface area contributed by atoms with Gasteiger partial charge in [0.05, 0.1) is 6.61 Å². The lowest BCUT2D eigenvalue weighted by Crippen LogP contribution is -2.30. The van der Waals surface area contributed by atoms with E-state index in [1.165, 1.54) is 0 Å². The zero-order valence-electron chi connectivity index (χ0n) is 13.7. The fraction of sp³-hybridized carbons (Fsp3) is 0.412. The number of ether oxygens (including phenoxy) is 1. The van der Waals surface area contributed by atoms with Crippen molar-refractivity contribution < 1.29 is 9.53 Å². The molecule has 1 heterocycles. The van der Waals surface area contributed by atoms with Gasteiger partial charge in [-0.15, -0.1) is 0 Å². The van der Waals surface area contributed by atoms with Crippen molar-refractivity contribution in [3.05, 3.63) is 42.5 Å². The zero-order valence-corrected chi connectivity index (χ0v) is 13.7. The van der Waals surface area contributed by atoms with E-state index >= 15 is 0 Å². The van der Waals surface area contributed by atoms with Crippen LogP contribution in [-0.2, 0) is 6.54 Å². The van der Waals surface area contributed by atoms with Crippen LogP contribution in [0.4, 0.5) is 10.5 Å². The maximum absolute atomic E-state index is 11.9. The van der Waals surface area contributed by atoms with Gasteiger partial charge in [0.2, 0.25) is 0 Å². The average Bonchev–Trinajstić information content (AvgIpc) is 2.95. The van der Waals surface area contributed by atoms with Crippen molar-refractivity contribution in [1.82, 2.24) is 14.9 Å². The fourth-order valence-electron chi connectivity index (χ4n) is 2.15. The number of carbonyl (C=O) groups excluding carboxylic acids is 1. The number of amides is 2. The number of benzene rings is 1. The van der Waals surface area contributed by atoms with Crippen LogP contribution in [0.5, 0.6) is 5.75 Å². The van der Waals surface area contributed by atoms with Crippen molar-refractivity contribution in [2.75, 3.05) is 18.5 Å². The first-order valence-electron chi connectivity index (χ1n) is 7.94. The SMILES string of the molecule is CCCOc1cccc(NC(=O)NCCCn2ccnc2C)c1. The number of rotatable bonds is 8. The van der Waals surface area contributed by atoms with Gasteiger partial charge in [0.25, 0.3) is 0 Å². The summed E-state index contributed by atoms with van der Waals surface area (Å²) in [5, 5.41) is 5.67. The normalized spacial score (nSPS) is 10.3. The third kappa shape index (κ3) is 5.65. The molecule has 2 aromatic rings. The summed E-state index contributed by atoms with van der Waals surface area (Å²) >= 11 is 0. The molecule has 2 N–H and O–H groups in total. The highest BCUT2D eigenvalue weighted by molar-refractivity contribution is 5.89. The molecule has 6 nitrogen and oxygen atoms in total. The second kappa shape index (κ2) is 8.82. The summed E-state index contributed by atoms with van der Waals surface area (Å²) in [7, 11) is 0. The second-order valence-electron chi connectivity index (χ2n) is 5.28. The van der Waals surface area contributed by atoms with E-state index in [4.69, 9.17) is 4.74 Å². The molecule has 1 aromatic heterocycles. The van der Waals surface area contributed by atoms with Gasteiger partial charge in [0.15, 0.2) is 0 Å². The molecule has 23 heavy (non-hydrogen) atoms. The van der Waals surface area contributed by atoms with E-state index in [0.717, 1.165) is 36.6 Å². The molecule has 0 aliphatic rings. The molecule has 124 valence electrons. The number of aromatic nitrogens is 2. The van der Waals surface area contributed by atoms with E-state index in [1.807, 2.05) is 37.4 Å². The Kier molecular flexibility index (Phi) is 6.47. The molecule has 0 aliphatic carbocycles. The number of aryl methyl sites for hydroxylation is 2. The third-order valence-corrected chi connectivity index (χ3v) is 3.35. The van der Waals surface area contributed by atoms with Crippen LogP contribution in [0.15, 0.2) is 36.7 Å². The summed E-state index contributed by atoms with van der Waals surface area (Å²) in [4.78, 5) is 16.1. The Morgan fingerprint density at radius 3 is 3.00 bits per heavy atom. The minimum Gasteiger partial charge on any atom is -0.494 e. The number of nitrogens with one attached hydrogen (secondary N) is 2. The molecule has 0 bridgehead atoms. The van der Waals surface area contributed by atoms with E-state index < -0.39 is 0 Å². The van der Waals surface area contributed by atoms with Gasteiger partial charge < -0.3 is 19.9 Å². The Balaban J connectivity index is 1.71. The maximum Gasteiger partial charge on any atom is 0.319 e. The number of carbonyl (C=O) groups is 1. The summed E-state index contributed by atoms with van der Waals surface area (Å²) in [6, 6.07) is 7.20. The lowest BCUT2D eigenvalue weighted by Gasteiger charge is -2.10. The topological polar surface area (TPSA) is 68.2 Å². The number of imidazole rings is 1. The van der Waals surface area contributed by atoms with Crippen LogP contribution < -0.4 is 15.4 Å². The molecule has 0 unspecified atom stereocenters. The van der Waals surface area contributed by atoms with E-state index in [0.29, 0.717) is 13.2 Å². The van der Waals surface area contributed by atoms with Gasteiger partial charge >= 0.3 is 6.03 Å². The van der Waals surface area contributed by atoms with E-state index in [1.54, 1.807) is 6.20 Å². The molecule has 6 heteroatoms. The second-order valence-corrected chi connectivity index (χ2v) is 5.28. The maximum atomic E-state index is 11.9. The Labute approximate surface area is 136 Å². The summed E-state index contributed by atoms with van der Waals surface area (Å²) in [5.41, 5.74) is 0.724. The highest BCUT2D eigenvalue weighted by Crippen LogP contribution is 2.17. The van der Waals surface area contributed by atoms with Gasteiger partial charge in [-0.25, -0.2) is 9.78 Å². The number of hydrogen-bond acceptors (Lipinski definition) is 3. The Morgan fingerprint density at radius 2 is 2.26 bits per heavy atom. The van der Waals surface area contributed by atoms with Crippen molar-refractivity contribution in [3.8, 4) is 5.75 Å². The van der Waals surface area contributed by atoms with Crippen LogP contribution in [0.3, 0.4) is 0 Å². The first kappa shape index (κ1) is 16.9. The molecule has 0 saturated carbocycles. The molecule has 0 atom stereocenters. The largest absolute Gasteiger partial charge is 0.494 e. The average molecular weight is 316 g/mol. The quantitative estimate of drug-likeness (QED) is 0.735. The summed E-state index contributed by atoms with van der Waals surface area (Å²) in [5.74, 6) is 1.75. The van der Waals surface area contributed by atoms with E-state index in [2.05, 4.69) is 27.1 Å². The molecular formula is C17H24N4O2. The summed E-state index contributed by atoms with van der Waals surface area (Å²) in [6.45, 7) is 6.14. The van der Waals surface area contributed by atoms with Gasteiger partial charge in [-0.3, -0.25) is 0 Å². The van der Waals surface area contributed by atoms with Crippen LogP contribution in [0, 0.1) is 6.92 Å². The first-order chi connectivity index (χ1) is 11.2. The minimum atomic E-state index is -0.208. The number of anilines is 1. The molecule has 0 saturated heterocycles. The molecule has 0 spiro atoms. The number of hydrogen-bond donors (Lipinski definition) is 2. The van der Waals surface area contributed by atoms with Crippen molar-refractivity contribution in [2.45, 2.75) is 33.2 Å².